The highest BCUT2D eigenvalue weighted by molar-refractivity contribution is 5.92. The zero-order valence-electron chi connectivity index (χ0n) is 15.8. The minimum absolute atomic E-state index is 0. The molecular weight excluding hydrogens is 409 g/mol. The Bertz CT molecular complexity index is 924. The molecular formula is C19H22ClF3N4O2. The van der Waals surface area contributed by atoms with Crippen LogP contribution in [0.25, 0.3) is 5.69 Å². The maximum absolute atomic E-state index is 13.3. The lowest BCUT2D eigenvalue weighted by Gasteiger charge is -2.16. The van der Waals surface area contributed by atoms with Gasteiger partial charge < -0.3 is 10.6 Å². The van der Waals surface area contributed by atoms with Gasteiger partial charge >= 0.3 is 6.18 Å². The minimum atomic E-state index is -4.59. The Hall–Kier alpha value is -2.39. The third-order valence-corrected chi connectivity index (χ3v) is 4.76. The average Bonchev–Trinajstić information content (AvgIpc) is 3.14. The van der Waals surface area contributed by atoms with E-state index in [4.69, 9.17) is 0 Å². The average molecular weight is 431 g/mol. The van der Waals surface area contributed by atoms with Gasteiger partial charge in [0.25, 0.3) is 5.91 Å². The Morgan fingerprint density at radius 1 is 1.34 bits per heavy atom. The molecule has 0 bridgehead atoms. The molecule has 0 radical (unpaired) electrons. The van der Waals surface area contributed by atoms with E-state index in [2.05, 4.69) is 15.7 Å². The van der Waals surface area contributed by atoms with Crippen molar-refractivity contribution in [1.29, 1.82) is 0 Å². The van der Waals surface area contributed by atoms with Gasteiger partial charge in [-0.1, -0.05) is 12.1 Å². The summed E-state index contributed by atoms with van der Waals surface area (Å²) in [6, 6.07) is 6.02. The quantitative estimate of drug-likeness (QED) is 0.764. The second-order valence-corrected chi connectivity index (χ2v) is 6.83. The molecule has 0 aliphatic carbocycles. The third-order valence-electron chi connectivity index (χ3n) is 4.76. The van der Waals surface area contributed by atoms with Crippen molar-refractivity contribution in [1.82, 2.24) is 20.4 Å². The predicted octanol–water partition coefficient (Wildman–Crippen LogP) is 2.71. The van der Waals surface area contributed by atoms with Crippen molar-refractivity contribution in [3.8, 4) is 5.69 Å². The Morgan fingerprint density at radius 2 is 2.07 bits per heavy atom. The molecule has 2 N–H and O–H groups in total. The van der Waals surface area contributed by atoms with Crippen LogP contribution in [0.15, 0.2) is 35.1 Å². The zero-order chi connectivity index (χ0) is 20.3. The number of amides is 1. The van der Waals surface area contributed by atoms with Gasteiger partial charge in [-0.05, 0) is 50.9 Å². The van der Waals surface area contributed by atoms with E-state index in [1.807, 2.05) is 0 Å². The summed E-state index contributed by atoms with van der Waals surface area (Å²) in [6.45, 7) is 3.68. The number of carbonyl (C=O) groups excluding carboxylic acids is 1. The molecule has 1 aliphatic heterocycles. The fourth-order valence-electron chi connectivity index (χ4n) is 3.28. The summed E-state index contributed by atoms with van der Waals surface area (Å²) in [5.41, 5.74) is -1.98. The van der Waals surface area contributed by atoms with Gasteiger partial charge in [-0.2, -0.15) is 18.3 Å². The standard InChI is InChI=1S/C19H21F3N4O2.ClH/c1-12-10-16(27)17(18(28)24-9-7-13-6-8-23-11-13)25-26(12)15-5-3-2-4-14(15)19(20,21)22;/h2-5,10,13,23H,6-9,11H2,1H3,(H,24,28);1H. The lowest BCUT2D eigenvalue weighted by molar-refractivity contribution is -0.137. The van der Waals surface area contributed by atoms with Crippen LogP contribution in [0.5, 0.6) is 0 Å². The summed E-state index contributed by atoms with van der Waals surface area (Å²) in [6.07, 6.45) is -2.80. The van der Waals surface area contributed by atoms with Crippen LogP contribution in [-0.2, 0) is 6.18 Å². The van der Waals surface area contributed by atoms with Gasteiger partial charge in [0.05, 0.1) is 11.3 Å². The first-order valence-corrected chi connectivity index (χ1v) is 9.04. The van der Waals surface area contributed by atoms with E-state index in [1.54, 1.807) is 0 Å². The number of para-hydroxylation sites is 1. The lowest BCUT2D eigenvalue weighted by Crippen LogP contribution is -2.33. The van der Waals surface area contributed by atoms with Crippen LogP contribution >= 0.6 is 12.4 Å². The number of aromatic nitrogens is 2. The van der Waals surface area contributed by atoms with E-state index in [-0.39, 0.29) is 23.8 Å². The fraction of sp³-hybridized carbons (Fsp3) is 0.421. The summed E-state index contributed by atoms with van der Waals surface area (Å²) in [5.74, 6) is -0.226. The number of nitrogens with zero attached hydrogens (tertiary/aromatic N) is 2. The number of benzene rings is 1. The normalized spacial score (nSPS) is 16.3. The van der Waals surface area contributed by atoms with Crippen LogP contribution in [-0.4, -0.2) is 35.3 Å². The Morgan fingerprint density at radius 3 is 2.72 bits per heavy atom. The van der Waals surface area contributed by atoms with Gasteiger partial charge in [-0.25, -0.2) is 4.68 Å². The highest BCUT2D eigenvalue weighted by Crippen LogP contribution is 2.33. The van der Waals surface area contributed by atoms with E-state index in [9.17, 15) is 22.8 Å². The number of carbonyl (C=O) groups is 1. The van der Waals surface area contributed by atoms with Gasteiger partial charge in [0.1, 0.15) is 0 Å². The number of nitrogens with one attached hydrogen (secondary N) is 2. The molecule has 1 atom stereocenters. The Balaban J connectivity index is 0.00000300. The van der Waals surface area contributed by atoms with Crippen molar-refractivity contribution >= 4 is 18.3 Å². The number of aryl methyl sites for hydroxylation is 1. The molecule has 1 aromatic carbocycles. The van der Waals surface area contributed by atoms with E-state index in [1.165, 1.54) is 25.1 Å². The van der Waals surface area contributed by atoms with Gasteiger partial charge in [0.15, 0.2) is 5.69 Å². The fourth-order valence-corrected chi connectivity index (χ4v) is 3.28. The molecule has 1 aliphatic rings. The number of rotatable bonds is 5. The van der Waals surface area contributed by atoms with E-state index in [0.29, 0.717) is 12.5 Å². The molecule has 1 amide bonds. The monoisotopic (exact) mass is 430 g/mol. The van der Waals surface area contributed by atoms with Crippen LogP contribution < -0.4 is 16.1 Å². The summed E-state index contributed by atoms with van der Waals surface area (Å²) in [5, 5.41) is 9.82. The molecule has 1 fully saturated rings. The largest absolute Gasteiger partial charge is 0.418 e. The first-order valence-electron chi connectivity index (χ1n) is 9.04. The van der Waals surface area contributed by atoms with Crippen molar-refractivity contribution in [3.05, 3.63) is 57.5 Å². The van der Waals surface area contributed by atoms with Gasteiger partial charge in [-0.3, -0.25) is 9.59 Å². The molecule has 3 rings (SSSR count). The summed E-state index contributed by atoms with van der Waals surface area (Å²) in [4.78, 5) is 24.6. The van der Waals surface area contributed by atoms with Crippen molar-refractivity contribution in [2.24, 2.45) is 5.92 Å². The molecule has 10 heteroatoms. The summed E-state index contributed by atoms with van der Waals surface area (Å²) >= 11 is 0. The Labute approximate surface area is 171 Å². The van der Waals surface area contributed by atoms with Crippen molar-refractivity contribution < 1.29 is 18.0 Å². The van der Waals surface area contributed by atoms with Crippen LogP contribution in [0.1, 0.15) is 34.6 Å². The molecule has 1 unspecified atom stereocenters. The van der Waals surface area contributed by atoms with Gasteiger partial charge in [0, 0.05) is 18.3 Å². The van der Waals surface area contributed by atoms with Crippen molar-refractivity contribution in [2.75, 3.05) is 19.6 Å². The molecule has 0 saturated carbocycles. The minimum Gasteiger partial charge on any atom is -0.351 e. The second kappa shape index (κ2) is 9.41. The van der Waals surface area contributed by atoms with E-state index in [0.717, 1.165) is 42.7 Å². The second-order valence-electron chi connectivity index (χ2n) is 6.83. The molecule has 1 aromatic heterocycles. The molecule has 158 valence electrons. The highest BCUT2D eigenvalue weighted by Gasteiger charge is 2.34. The molecule has 29 heavy (non-hydrogen) atoms. The number of hydrogen-bond donors (Lipinski definition) is 2. The van der Waals surface area contributed by atoms with Crippen molar-refractivity contribution in [3.63, 3.8) is 0 Å². The maximum Gasteiger partial charge on any atom is 0.418 e. The van der Waals surface area contributed by atoms with Crippen LogP contribution in [0.2, 0.25) is 0 Å². The third kappa shape index (κ3) is 5.36. The summed E-state index contributed by atoms with van der Waals surface area (Å²) < 4.78 is 41.0. The van der Waals surface area contributed by atoms with E-state index < -0.39 is 28.8 Å². The SMILES string of the molecule is Cc1cc(=O)c(C(=O)NCCC2CCNC2)nn1-c1ccccc1C(F)(F)F.Cl. The lowest BCUT2D eigenvalue weighted by atomic mass is 10.1. The molecule has 2 heterocycles. The Kier molecular flexibility index (Phi) is 7.43. The topological polar surface area (TPSA) is 76.0 Å². The number of hydrogen-bond acceptors (Lipinski definition) is 4. The number of halogens is 4. The van der Waals surface area contributed by atoms with Gasteiger partial charge in [0.2, 0.25) is 5.43 Å². The first-order chi connectivity index (χ1) is 13.3. The van der Waals surface area contributed by atoms with Crippen LogP contribution in [0.3, 0.4) is 0 Å². The number of alkyl halides is 3. The van der Waals surface area contributed by atoms with Gasteiger partial charge in [-0.15, -0.1) is 12.4 Å². The van der Waals surface area contributed by atoms with E-state index >= 15 is 0 Å². The zero-order valence-corrected chi connectivity index (χ0v) is 16.6. The van der Waals surface area contributed by atoms with Crippen molar-refractivity contribution in [2.45, 2.75) is 25.9 Å². The molecule has 1 saturated heterocycles. The highest BCUT2D eigenvalue weighted by atomic mass is 35.5. The van der Waals surface area contributed by atoms with Crippen LogP contribution in [0.4, 0.5) is 13.2 Å². The maximum atomic E-state index is 13.3. The predicted molar refractivity (Wildman–Crippen MR) is 105 cm³/mol. The smallest absolute Gasteiger partial charge is 0.351 e. The molecule has 0 spiro atoms. The molecule has 2 aromatic rings. The molecule has 6 nitrogen and oxygen atoms in total. The van der Waals surface area contributed by atoms with Crippen LogP contribution in [0, 0.1) is 12.8 Å². The first kappa shape index (κ1) is 22.9. The summed E-state index contributed by atoms with van der Waals surface area (Å²) in [7, 11) is 0.